The van der Waals surface area contributed by atoms with Gasteiger partial charge in [-0.05, 0) is 49.2 Å². The molecule has 5 heteroatoms. The van der Waals surface area contributed by atoms with Crippen molar-refractivity contribution in [3.63, 3.8) is 0 Å². The average molecular weight is 316 g/mol. The number of benzene rings is 2. The zero-order valence-electron chi connectivity index (χ0n) is 12.6. The van der Waals surface area contributed by atoms with Crippen molar-refractivity contribution in [2.24, 2.45) is 5.10 Å². The van der Waals surface area contributed by atoms with Crippen LogP contribution in [-0.4, -0.2) is 18.2 Å². The van der Waals surface area contributed by atoms with Gasteiger partial charge in [0.15, 0.2) is 0 Å². The van der Waals surface area contributed by atoms with Gasteiger partial charge in [0.25, 0.3) is 5.91 Å². The normalized spacial score (nSPS) is 11.1. The summed E-state index contributed by atoms with van der Waals surface area (Å²) in [7, 11) is 0. The maximum absolute atomic E-state index is 11.8. The summed E-state index contributed by atoms with van der Waals surface area (Å²) in [6, 6.07) is 15.1. The number of hydrazone groups is 1. The third-order valence-corrected chi connectivity index (χ3v) is 3.33. The molecule has 1 amide bonds. The number of carbonyl (C=O) groups excluding carboxylic acids is 1. The fourth-order valence-electron chi connectivity index (χ4n) is 1.88. The standard InChI is InChI=1S/C17H18ClN3O/c1-12-4-3-5-16(10-12)19-11-17(22)21-20-13(2)14-6-8-15(18)9-7-14/h3-10,19H,11H2,1-2H3,(H,21,22)/b20-13+. The van der Waals surface area contributed by atoms with E-state index in [0.717, 1.165) is 22.5 Å². The molecule has 2 aromatic rings. The number of hydrogen-bond donors (Lipinski definition) is 2. The van der Waals surface area contributed by atoms with Crippen LogP contribution >= 0.6 is 11.6 Å². The van der Waals surface area contributed by atoms with Gasteiger partial charge in [0, 0.05) is 10.7 Å². The molecule has 0 fully saturated rings. The summed E-state index contributed by atoms with van der Waals surface area (Å²) >= 11 is 5.84. The van der Waals surface area contributed by atoms with Crippen LogP contribution in [0.15, 0.2) is 53.6 Å². The van der Waals surface area contributed by atoms with Gasteiger partial charge in [-0.15, -0.1) is 0 Å². The molecule has 0 aliphatic carbocycles. The van der Waals surface area contributed by atoms with Crippen LogP contribution in [0.2, 0.25) is 5.02 Å². The van der Waals surface area contributed by atoms with Crippen molar-refractivity contribution in [1.29, 1.82) is 0 Å². The highest BCUT2D eigenvalue weighted by Crippen LogP contribution is 2.10. The van der Waals surface area contributed by atoms with E-state index in [4.69, 9.17) is 11.6 Å². The average Bonchev–Trinajstić information content (AvgIpc) is 2.51. The lowest BCUT2D eigenvalue weighted by Crippen LogP contribution is -2.26. The largest absolute Gasteiger partial charge is 0.376 e. The fraction of sp³-hybridized carbons (Fsp3) is 0.176. The predicted octanol–water partition coefficient (Wildman–Crippen LogP) is 3.60. The molecule has 4 nitrogen and oxygen atoms in total. The van der Waals surface area contributed by atoms with E-state index in [1.54, 1.807) is 12.1 Å². The summed E-state index contributed by atoms with van der Waals surface area (Å²) in [5, 5.41) is 7.81. The molecule has 2 N–H and O–H groups in total. The Morgan fingerprint density at radius 3 is 2.59 bits per heavy atom. The monoisotopic (exact) mass is 315 g/mol. The lowest BCUT2D eigenvalue weighted by Gasteiger charge is -2.07. The van der Waals surface area contributed by atoms with Crippen LogP contribution in [0.25, 0.3) is 0 Å². The van der Waals surface area contributed by atoms with Crippen molar-refractivity contribution in [2.75, 3.05) is 11.9 Å². The van der Waals surface area contributed by atoms with Gasteiger partial charge in [-0.2, -0.15) is 5.10 Å². The molecule has 0 bridgehead atoms. The van der Waals surface area contributed by atoms with E-state index >= 15 is 0 Å². The van der Waals surface area contributed by atoms with Crippen molar-refractivity contribution in [1.82, 2.24) is 5.43 Å². The topological polar surface area (TPSA) is 53.5 Å². The van der Waals surface area contributed by atoms with E-state index in [-0.39, 0.29) is 12.5 Å². The number of nitrogens with zero attached hydrogens (tertiary/aromatic N) is 1. The highest BCUT2D eigenvalue weighted by atomic mass is 35.5. The smallest absolute Gasteiger partial charge is 0.259 e. The Bertz CT molecular complexity index is 681. The van der Waals surface area contributed by atoms with Gasteiger partial charge in [0.2, 0.25) is 0 Å². The van der Waals surface area contributed by atoms with Gasteiger partial charge in [-0.1, -0.05) is 35.9 Å². The van der Waals surface area contributed by atoms with Crippen molar-refractivity contribution in [3.05, 3.63) is 64.7 Å². The molecule has 2 aromatic carbocycles. The SMILES string of the molecule is C/C(=N\NC(=O)CNc1cccc(C)c1)c1ccc(Cl)cc1. The fourth-order valence-corrected chi connectivity index (χ4v) is 2.00. The summed E-state index contributed by atoms with van der Waals surface area (Å²) < 4.78 is 0. The third kappa shape index (κ3) is 4.90. The van der Waals surface area contributed by atoms with Crippen LogP contribution < -0.4 is 10.7 Å². The quantitative estimate of drug-likeness (QED) is 0.654. The molecule has 2 rings (SSSR count). The zero-order valence-corrected chi connectivity index (χ0v) is 13.3. The first-order chi connectivity index (χ1) is 10.5. The molecule has 0 heterocycles. The van der Waals surface area contributed by atoms with Gasteiger partial charge in [-0.25, -0.2) is 5.43 Å². The van der Waals surface area contributed by atoms with Crippen molar-refractivity contribution in [2.45, 2.75) is 13.8 Å². The Balaban J connectivity index is 1.86. The van der Waals surface area contributed by atoms with E-state index < -0.39 is 0 Å². The van der Waals surface area contributed by atoms with Gasteiger partial charge in [0.1, 0.15) is 0 Å². The van der Waals surface area contributed by atoms with E-state index in [9.17, 15) is 4.79 Å². The van der Waals surface area contributed by atoms with E-state index in [2.05, 4.69) is 15.8 Å². The van der Waals surface area contributed by atoms with Gasteiger partial charge in [-0.3, -0.25) is 4.79 Å². The maximum Gasteiger partial charge on any atom is 0.259 e. The second-order valence-corrected chi connectivity index (χ2v) is 5.40. The Kier molecular flexibility index (Phi) is 5.55. The van der Waals surface area contributed by atoms with E-state index in [1.807, 2.05) is 50.2 Å². The summed E-state index contributed by atoms with van der Waals surface area (Å²) in [5.41, 5.74) is 6.22. The van der Waals surface area contributed by atoms with Gasteiger partial charge < -0.3 is 5.32 Å². The van der Waals surface area contributed by atoms with Gasteiger partial charge in [0.05, 0.1) is 12.3 Å². The maximum atomic E-state index is 11.8. The molecule has 0 aliphatic rings. The zero-order chi connectivity index (χ0) is 15.9. The molecule has 0 aliphatic heterocycles. The second-order valence-electron chi connectivity index (χ2n) is 4.96. The molecule has 0 aromatic heterocycles. The number of rotatable bonds is 5. The van der Waals surface area contributed by atoms with Crippen LogP contribution in [0.5, 0.6) is 0 Å². The van der Waals surface area contributed by atoms with Crippen molar-refractivity contribution in [3.8, 4) is 0 Å². The van der Waals surface area contributed by atoms with E-state index in [0.29, 0.717) is 5.02 Å². The third-order valence-electron chi connectivity index (χ3n) is 3.08. The summed E-state index contributed by atoms with van der Waals surface area (Å²) in [4.78, 5) is 11.8. The molecule has 0 saturated carbocycles. The molecule has 22 heavy (non-hydrogen) atoms. The van der Waals surface area contributed by atoms with Gasteiger partial charge >= 0.3 is 0 Å². The molecular formula is C17H18ClN3O. The second kappa shape index (κ2) is 7.61. The number of aryl methyl sites for hydroxylation is 1. The Morgan fingerprint density at radius 1 is 1.18 bits per heavy atom. The minimum absolute atomic E-state index is 0.168. The first-order valence-corrected chi connectivity index (χ1v) is 7.32. The molecule has 0 spiro atoms. The van der Waals surface area contributed by atoms with Crippen LogP contribution in [0.3, 0.4) is 0 Å². The van der Waals surface area contributed by atoms with Crippen molar-refractivity contribution < 1.29 is 4.79 Å². The number of carbonyl (C=O) groups is 1. The van der Waals surface area contributed by atoms with E-state index in [1.165, 1.54) is 0 Å². The molecular weight excluding hydrogens is 298 g/mol. The lowest BCUT2D eigenvalue weighted by atomic mass is 10.1. The lowest BCUT2D eigenvalue weighted by molar-refractivity contribution is -0.119. The number of nitrogens with one attached hydrogen (secondary N) is 2. The Morgan fingerprint density at radius 2 is 1.91 bits per heavy atom. The Labute approximate surface area is 135 Å². The molecule has 0 saturated heterocycles. The number of hydrogen-bond acceptors (Lipinski definition) is 3. The van der Waals surface area contributed by atoms with Crippen LogP contribution in [0.1, 0.15) is 18.1 Å². The number of halogens is 1. The summed E-state index contributed by atoms with van der Waals surface area (Å²) in [5.74, 6) is -0.199. The number of anilines is 1. The highest BCUT2D eigenvalue weighted by molar-refractivity contribution is 6.30. The summed E-state index contributed by atoms with van der Waals surface area (Å²) in [6.45, 7) is 4.00. The minimum Gasteiger partial charge on any atom is -0.376 e. The predicted molar refractivity (Wildman–Crippen MR) is 91.5 cm³/mol. The molecule has 114 valence electrons. The van der Waals surface area contributed by atoms with Crippen LogP contribution in [-0.2, 0) is 4.79 Å². The summed E-state index contributed by atoms with van der Waals surface area (Å²) in [6.07, 6.45) is 0. The molecule has 0 radical (unpaired) electrons. The first-order valence-electron chi connectivity index (χ1n) is 6.94. The molecule has 0 unspecified atom stereocenters. The number of amides is 1. The molecule has 0 atom stereocenters. The highest BCUT2D eigenvalue weighted by Gasteiger charge is 2.02. The van der Waals surface area contributed by atoms with Crippen LogP contribution in [0.4, 0.5) is 5.69 Å². The first kappa shape index (κ1) is 16.0. The van der Waals surface area contributed by atoms with Crippen LogP contribution in [0, 0.1) is 6.92 Å². The Hall–Kier alpha value is -2.33. The minimum atomic E-state index is -0.199. The van der Waals surface area contributed by atoms with Crippen molar-refractivity contribution >= 4 is 28.9 Å².